The fraction of sp³-hybridized carbons (Fsp3) is 0.500. The average Bonchev–Trinajstić information content (AvgIpc) is 2.36. The maximum atomic E-state index is 11.3. The van der Waals surface area contributed by atoms with E-state index in [4.69, 9.17) is 4.74 Å². The van der Waals surface area contributed by atoms with Crippen molar-refractivity contribution in [1.29, 1.82) is 0 Å². The van der Waals surface area contributed by atoms with Crippen LogP contribution in [-0.2, 0) is 21.1 Å². The molecular formula is C14H20O4S. The summed E-state index contributed by atoms with van der Waals surface area (Å²) in [5.74, 6) is 1.15. The Kier molecular flexibility index (Phi) is 6.02. The molecule has 0 fully saturated rings. The number of carbonyl (C=O) groups excluding carboxylic acids is 1. The van der Waals surface area contributed by atoms with Crippen LogP contribution in [0.15, 0.2) is 24.3 Å². The second-order valence-electron chi connectivity index (χ2n) is 4.46. The predicted octanol–water partition coefficient (Wildman–Crippen LogP) is 2.02. The van der Waals surface area contributed by atoms with Crippen molar-refractivity contribution in [2.45, 2.75) is 26.7 Å². The second kappa shape index (κ2) is 7.28. The summed E-state index contributed by atoms with van der Waals surface area (Å²) in [6, 6.07) is 7.29. The van der Waals surface area contributed by atoms with Gasteiger partial charge in [-0.15, -0.1) is 0 Å². The highest BCUT2D eigenvalue weighted by molar-refractivity contribution is 7.91. The Labute approximate surface area is 114 Å². The van der Waals surface area contributed by atoms with Gasteiger partial charge in [0, 0.05) is 12.2 Å². The second-order valence-corrected chi connectivity index (χ2v) is 6.93. The molecule has 0 aliphatic carbocycles. The van der Waals surface area contributed by atoms with Crippen molar-refractivity contribution in [3.8, 4) is 5.75 Å². The summed E-state index contributed by atoms with van der Waals surface area (Å²) in [6.07, 6.45) is 0.917. The van der Waals surface area contributed by atoms with E-state index in [2.05, 4.69) is 0 Å². The Balaban J connectivity index is 2.36. The summed E-state index contributed by atoms with van der Waals surface area (Å²) in [5.41, 5.74) is 0.952. The molecule has 0 aliphatic rings. The topological polar surface area (TPSA) is 60.4 Å². The summed E-state index contributed by atoms with van der Waals surface area (Å²) < 4.78 is 28.0. The maximum absolute atomic E-state index is 11.3. The van der Waals surface area contributed by atoms with Gasteiger partial charge >= 0.3 is 0 Å². The standard InChI is InChI=1S/C14H20O4S/c1-3-19(16,17)10-4-9-18-14-7-5-13(6-8-14)11-12(2)15/h5-8H,3-4,9-11H2,1-2H3. The average molecular weight is 284 g/mol. The van der Waals surface area contributed by atoms with E-state index in [0.717, 1.165) is 5.56 Å². The van der Waals surface area contributed by atoms with Crippen LogP contribution in [0.25, 0.3) is 0 Å². The number of benzene rings is 1. The first-order valence-electron chi connectivity index (χ1n) is 6.34. The van der Waals surface area contributed by atoms with Gasteiger partial charge in [0.2, 0.25) is 0 Å². The lowest BCUT2D eigenvalue weighted by molar-refractivity contribution is -0.116. The van der Waals surface area contributed by atoms with E-state index < -0.39 is 9.84 Å². The van der Waals surface area contributed by atoms with E-state index in [-0.39, 0.29) is 17.3 Å². The molecule has 5 heteroatoms. The van der Waals surface area contributed by atoms with E-state index in [1.54, 1.807) is 26.0 Å². The Hall–Kier alpha value is -1.36. The summed E-state index contributed by atoms with van der Waals surface area (Å²) in [5, 5.41) is 0. The Morgan fingerprint density at radius 3 is 2.37 bits per heavy atom. The van der Waals surface area contributed by atoms with Gasteiger partial charge in [-0.25, -0.2) is 8.42 Å². The molecule has 0 saturated heterocycles. The van der Waals surface area contributed by atoms with E-state index in [0.29, 0.717) is 25.2 Å². The van der Waals surface area contributed by atoms with Gasteiger partial charge in [0.25, 0.3) is 0 Å². The van der Waals surface area contributed by atoms with Crippen LogP contribution in [0.2, 0.25) is 0 Å². The quantitative estimate of drug-likeness (QED) is 0.685. The number of carbonyl (C=O) groups is 1. The third-order valence-corrected chi connectivity index (χ3v) is 4.47. The normalized spacial score (nSPS) is 11.3. The van der Waals surface area contributed by atoms with Gasteiger partial charge in [-0.05, 0) is 31.0 Å². The molecular weight excluding hydrogens is 264 g/mol. The molecule has 4 nitrogen and oxygen atoms in total. The van der Waals surface area contributed by atoms with Crippen molar-refractivity contribution in [3.63, 3.8) is 0 Å². The zero-order chi connectivity index (χ0) is 14.3. The zero-order valence-corrected chi connectivity index (χ0v) is 12.2. The minimum Gasteiger partial charge on any atom is -0.494 e. The first kappa shape index (κ1) is 15.7. The summed E-state index contributed by atoms with van der Waals surface area (Å²) in [4.78, 5) is 10.9. The fourth-order valence-corrected chi connectivity index (χ4v) is 2.45. The number of ether oxygens (including phenoxy) is 1. The van der Waals surface area contributed by atoms with Gasteiger partial charge in [-0.3, -0.25) is 4.79 Å². The van der Waals surface area contributed by atoms with E-state index >= 15 is 0 Å². The molecule has 0 aromatic heterocycles. The van der Waals surface area contributed by atoms with Crippen molar-refractivity contribution < 1.29 is 17.9 Å². The molecule has 1 aromatic carbocycles. The highest BCUT2D eigenvalue weighted by Gasteiger charge is 2.06. The summed E-state index contributed by atoms with van der Waals surface area (Å²) >= 11 is 0. The SMILES string of the molecule is CCS(=O)(=O)CCCOc1ccc(CC(C)=O)cc1. The number of ketones is 1. The lowest BCUT2D eigenvalue weighted by Crippen LogP contribution is -2.11. The van der Waals surface area contributed by atoms with Crippen LogP contribution in [0, 0.1) is 0 Å². The predicted molar refractivity (Wildman–Crippen MR) is 75.3 cm³/mol. The molecule has 0 unspecified atom stereocenters. The van der Waals surface area contributed by atoms with Crippen LogP contribution in [0.4, 0.5) is 0 Å². The lowest BCUT2D eigenvalue weighted by Gasteiger charge is -2.07. The highest BCUT2D eigenvalue weighted by atomic mass is 32.2. The molecule has 0 atom stereocenters. The minimum atomic E-state index is -2.91. The van der Waals surface area contributed by atoms with E-state index in [9.17, 15) is 13.2 Å². The highest BCUT2D eigenvalue weighted by Crippen LogP contribution is 2.13. The number of hydrogen-bond acceptors (Lipinski definition) is 4. The van der Waals surface area contributed by atoms with Crippen LogP contribution in [0.5, 0.6) is 5.75 Å². The first-order chi connectivity index (χ1) is 8.93. The van der Waals surface area contributed by atoms with Crippen LogP contribution in [0.1, 0.15) is 25.8 Å². The molecule has 0 amide bonds. The van der Waals surface area contributed by atoms with Gasteiger partial charge < -0.3 is 4.74 Å². The van der Waals surface area contributed by atoms with Crippen LogP contribution >= 0.6 is 0 Å². The largest absolute Gasteiger partial charge is 0.494 e. The Bertz CT molecular complexity index is 503. The van der Waals surface area contributed by atoms with E-state index in [1.807, 2.05) is 12.1 Å². The Morgan fingerprint density at radius 2 is 1.84 bits per heavy atom. The van der Waals surface area contributed by atoms with Crippen molar-refractivity contribution >= 4 is 15.6 Å². The number of sulfone groups is 1. The molecule has 0 spiro atoms. The van der Waals surface area contributed by atoms with Gasteiger partial charge in [-0.1, -0.05) is 19.1 Å². The van der Waals surface area contributed by atoms with Gasteiger partial charge in [0.1, 0.15) is 21.4 Å². The van der Waals surface area contributed by atoms with Crippen LogP contribution < -0.4 is 4.74 Å². The molecule has 19 heavy (non-hydrogen) atoms. The molecule has 1 aromatic rings. The molecule has 0 bridgehead atoms. The van der Waals surface area contributed by atoms with E-state index in [1.165, 1.54) is 0 Å². The monoisotopic (exact) mass is 284 g/mol. The zero-order valence-electron chi connectivity index (χ0n) is 11.4. The van der Waals surface area contributed by atoms with Crippen molar-refractivity contribution in [1.82, 2.24) is 0 Å². The number of hydrogen-bond donors (Lipinski definition) is 0. The van der Waals surface area contributed by atoms with Crippen molar-refractivity contribution in [3.05, 3.63) is 29.8 Å². The van der Waals surface area contributed by atoms with Crippen molar-refractivity contribution in [2.75, 3.05) is 18.1 Å². The fourth-order valence-electron chi connectivity index (χ4n) is 1.60. The first-order valence-corrected chi connectivity index (χ1v) is 8.16. The number of Topliss-reactive ketones (excluding diaryl/α,β-unsaturated/α-hetero) is 1. The molecule has 0 heterocycles. The smallest absolute Gasteiger partial charge is 0.150 e. The van der Waals surface area contributed by atoms with Gasteiger partial charge in [-0.2, -0.15) is 0 Å². The number of rotatable bonds is 8. The molecule has 0 N–H and O–H groups in total. The third kappa shape index (κ3) is 6.38. The Morgan fingerprint density at radius 1 is 1.21 bits per heavy atom. The van der Waals surface area contributed by atoms with Gasteiger partial charge in [0.15, 0.2) is 0 Å². The van der Waals surface area contributed by atoms with Gasteiger partial charge in [0.05, 0.1) is 12.4 Å². The lowest BCUT2D eigenvalue weighted by atomic mass is 10.1. The maximum Gasteiger partial charge on any atom is 0.150 e. The minimum absolute atomic E-state index is 0.124. The van der Waals surface area contributed by atoms with Crippen LogP contribution in [-0.4, -0.2) is 32.3 Å². The summed E-state index contributed by atoms with van der Waals surface area (Å²) in [6.45, 7) is 3.58. The third-order valence-electron chi connectivity index (χ3n) is 2.68. The van der Waals surface area contributed by atoms with Crippen LogP contribution in [0.3, 0.4) is 0 Å². The van der Waals surface area contributed by atoms with Crippen molar-refractivity contribution in [2.24, 2.45) is 0 Å². The molecule has 106 valence electrons. The molecule has 1 rings (SSSR count). The summed E-state index contributed by atoms with van der Waals surface area (Å²) in [7, 11) is -2.91. The molecule has 0 aliphatic heterocycles. The molecule has 0 radical (unpaired) electrons. The molecule has 0 saturated carbocycles.